The van der Waals surface area contributed by atoms with Gasteiger partial charge in [-0.1, -0.05) is 0 Å². The number of aromatic nitrogens is 2. The molecule has 0 aliphatic heterocycles. The van der Waals surface area contributed by atoms with Crippen LogP contribution in [0.15, 0.2) is 12.1 Å². The van der Waals surface area contributed by atoms with Gasteiger partial charge in [0.1, 0.15) is 5.75 Å². The largest absolute Gasteiger partial charge is 0.507 e. The molecule has 78 valence electrons. The first kappa shape index (κ1) is 9.51. The number of phenols is 1. The van der Waals surface area contributed by atoms with Crippen LogP contribution in [0, 0.1) is 6.92 Å². The van der Waals surface area contributed by atoms with Crippen LogP contribution in [0.1, 0.15) is 16.1 Å². The van der Waals surface area contributed by atoms with E-state index in [2.05, 4.69) is 14.9 Å². The summed E-state index contributed by atoms with van der Waals surface area (Å²) in [6.07, 6.45) is 0. The molecule has 0 aliphatic rings. The van der Waals surface area contributed by atoms with Crippen LogP contribution in [0.4, 0.5) is 0 Å². The normalized spacial score (nSPS) is 10.5. The Bertz CT molecular complexity index is 531. The van der Waals surface area contributed by atoms with E-state index in [0.717, 1.165) is 5.56 Å². The zero-order valence-corrected chi connectivity index (χ0v) is 8.37. The van der Waals surface area contributed by atoms with Crippen molar-refractivity contribution in [2.75, 3.05) is 7.11 Å². The Hall–Kier alpha value is -2.04. The maximum atomic E-state index is 11.3. The summed E-state index contributed by atoms with van der Waals surface area (Å²) in [5.41, 5.74) is 1.61. The van der Waals surface area contributed by atoms with Crippen molar-refractivity contribution >= 4 is 16.9 Å². The molecular weight excluding hydrogens is 196 g/mol. The summed E-state index contributed by atoms with van der Waals surface area (Å²) in [5, 5.41) is 16.6. The van der Waals surface area contributed by atoms with E-state index in [1.807, 2.05) is 6.92 Å². The lowest BCUT2D eigenvalue weighted by Gasteiger charge is -1.99. The molecule has 0 atom stereocenters. The van der Waals surface area contributed by atoms with Gasteiger partial charge in [0.25, 0.3) is 0 Å². The number of nitrogens with one attached hydrogen (secondary N) is 1. The number of fused-ring (bicyclic) bond motifs is 1. The first-order chi connectivity index (χ1) is 7.13. The van der Waals surface area contributed by atoms with Crippen molar-refractivity contribution in [3.63, 3.8) is 0 Å². The monoisotopic (exact) mass is 206 g/mol. The number of aromatic hydroxyl groups is 1. The Morgan fingerprint density at radius 1 is 1.53 bits per heavy atom. The molecule has 0 aliphatic carbocycles. The SMILES string of the molecule is COC(=O)c1n[nH]c2cc(C)cc(O)c12. The predicted octanol–water partition coefficient (Wildman–Crippen LogP) is 1.36. The molecule has 0 radical (unpaired) electrons. The van der Waals surface area contributed by atoms with Crippen LogP contribution < -0.4 is 0 Å². The minimum Gasteiger partial charge on any atom is -0.507 e. The van der Waals surface area contributed by atoms with E-state index in [1.54, 1.807) is 12.1 Å². The molecule has 0 amide bonds. The number of benzene rings is 1. The molecule has 1 aromatic carbocycles. The van der Waals surface area contributed by atoms with E-state index >= 15 is 0 Å². The van der Waals surface area contributed by atoms with Crippen molar-refractivity contribution in [3.05, 3.63) is 23.4 Å². The van der Waals surface area contributed by atoms with Gasteiger partial charge >= 0.3 is 5.97 Å². The van der Waals surface area contributed by atoms with Crippen LogP contribution in [0.2, 0.25) is 0 Å². The van der Waals surface area contributed by atoms with Crippen LogP contribution in [0.25, 0.3) is 10.9 Å². The number of H-pyrrole nitrogens is 1. The van der Waals surface area contributed by atoms with E-state index in [1.165, 1.54) is 7.11 Å². The van der Waals surface area contributed by atoms with Gasteiger partial charge in [0, 0.05) is 0 Å². The molecule has 5 nitrogen and oxygen atoms in total. The lowest BCUT2D eigenvalue weighted by Crippen LogP contribution is -2.02. The third-order valence-corrected chi connectivity index (χ3v) is 2.17. The molecule has 0 saturated heterocycles. The summed E-state index contributed by atoms with van der Waals surface area (Å²) in [5.74, 6) is -0.542. The molecule has 0 unspecified atom stereocenters. The highest BCUT2D eigenvalue weighted by molar-refractivity contribution is 6.04. The van der Waals surface area contributed by atoms with Crippen molar-refractivity contribution in [2.24, 2.45) is 0 Å². The minimum atomic E-state index is -0.569. The molecule has 1 aromatic heterocycles. The lowest BCUT2D eigenvalue weighted by atomic mass is 10.1. The second-order valence-electron chi connectivity index (χ2n) is 3.27. The van der Waals surface area contributed by atoms with E-state index in [-0.39, 0.29) is 11.4 Å². The van der Waals surface area contributed by atoms with Gasteiger partial charge < -0.3 is 9.84 Å². The number of carbonyl (C=O) groups is 1. The number of ether oxygens (including phenoxy) is 1. The van der Waals surface area contributed by atoms with Crippen LogP contribution in [-0.4, -0.2) is 28.4 Å². The molecule has 0 bridgehead atoms. The molecule has 2 aromatic rings. The van der Waals surface area contributed by atoms with E-state index in [9.17, 15) is 9.90 Å². The summed E-state index contributed by atoms with van der Waals surface area (Å²) in [7, 11) is 1.27. The molecule has 0 spiro atoms. The summed E-state index contributed by atoms with van der Waals surface area (Å²) in [6, 6.07) is 3.37. The zero-order valence-electron chi connectivity index (χ0n) is 8.37. The average molecular weight is 206 g/mol. The molecule has 1 heterocycles. The third-order valence-electron chi connectivity index (χ3n) is 2.17. The average Bonchev–Trinajstić information content (AvgIpc) is 2.60. The van der Waals surface area contributed by atoms with Crippen molar-refractivity contribution in [3.8, 4) is 5.75 Å². The second-order valence-corrected chi connectivity index (χ2v) is 3.27. The Morgan fingerprint density at radius 3 is 2.93 bits per heavy atom. The molecule has 0 fully saturated rings. The van der Waals surface area contributed by atoms with Crippen LogP contribution in [-0.2, 0) is 4.74 Å². The summed E-state index contributed by atoms with van der Waals surface area (Å²) < 4.78 is 4.56. The Kier molecular flexibility index (Phi) is 2.07. The molecule has 5 heteroatoms. The van der Waals surface area contributed by atoms with Crippen LogP contribution >= 0.6 is 0 Å². The molecule has 2 rings (SSSR count). The fourth-order valence-electron chi connectivity index (χ4n) is 1.52. The minimum absolute atomic E-state index is 0.0270. The topological polar surface area (TPSA) is 75.2 Å². The highest BCUT2D eigenvalue weighted by Crippen LogP contribution is 2.28. The number of aryl methyl sites for hydroxylation is 1. The lowest BCUT2D eigenvalue weighted by molar-refractivity contribution is 0.0596. The van der Waals surface area contributed by atoms with Gasteiger partial charge in [-0.25, -0.2) is 4.79 Å². The predicted molar refractivity (Wildman–Crippen MR) is 53.8 cm³/mol. The van der Waals surface area contributed by atoms with Gasteiger partial charge in [-0.15, -0.1) is 0 Å². The Balaban J connectivity index is 2.74. The number of nitrogens with zero attached hydrogens (tertiary/aromatic N) is 1. The molecular formula is C10H10N2O3. The standard InChI is InChI=1S/C10H10N2O3/c1-5-3-6-8(7(13)4-5)9(12-11-6)10(14)15-2/h3-4,13H,1-2H3,(H,11,12). The van der Waals surface area contributed by atoms with Gasteiger partial charge in [0.05, 0.1) is 18.0 Å². The Labute approximate surface area is 85.7 Å². The smallest absolute Gasteiger partial charge is 0.359 e. The van der Waals surface area contributed by atoms with E-state index < -0.39 is 5.97 Å². The maximum absolute atomic E-state index is 11.3. The van der Waals surface area contributed by atoms with Gasteiger partial charge in [0.15, 0.2) is 5.69 Å². The number of methoxy groups -OCH3 is 1. The number of aromatic amines is 1. The number of hydrogen-bond acceptors (Lipinski definition) is 4. The second kappa shape index (κ2) is 3.27. The van der Waals surface area contributed by atoms with Crippen molar-refractivity contribution in [2.45, 2.75) is 6.92 Å². The first-order valence-electron chi connectivity index (χ1n) is 4.39. The van der Waals surface area contributed by atoms with E-state index in [0.29, 0.717) is 10.9 Å². The number of rotatable bonds is 1. The van der Waals surface area contributed by atoms with Crippen LogP contribution in [0.5, 0.6) is 5.75 Å². The number of hydrogen-bond donors (Lipinski definition) is 2. The van der Waals surface area contributed by atoms with Gasteiger partial charge in [-0.2, -0.15) is 5.10 Å². The highest BCUT2D eigenvalue weighted by Gasteiger charge is 2.17. The van der Waals surface area contributed by atoms with Gasteiger partial charge in [-0.05, 0) is 24.6 Å². The number of esters is 1. The summed E-state index contributed by atoms with van der Waals surface area (Å²) in [4.78, 5) is 11.3. The van der Waals surface area contributed by atoms with Gasteiger partial charge in [0.2, 0.25) is 0 Å². The quantitative estimate of drug-likeness (QED) is 0.691. The Morgan fingerprint density at radius 2 is 2.27 bits per heavy atom. The van der Waals surface area contributed by atoms with E-state index in [4.69, 9.17) is 0 Å². The summed E-state index contributed by atoms with van der Waals surface area (Å²) in [6.45, 7) is 1.85. The fourth-order valence-corrected chi connectivity index (χ4v) is 1.52. The number of phenolic OH excluding ortho intramolecular Hbond substituents is 1. The van der Waals surface area contributed by atoms with Gasteiger partial charge in [-0.3, -0.25) is 5.10 Å². The third kappa shape index (κ3) is 1.41. The van der Waals surface area contributed by atoms with Crippen molar-refractivity contribution in [1.29, 1.82) is 0 Å². The highest BCUT2D eigenvalue weighted by atomic mass is 16.5. The van der Waals surface area contributed by atoms with Crippen LogP contribution in [0.3, 0.4) is 0 Å². The number of carbonyl (C=O) groups excluding carboxylic acids is 1. The fraction of sp³-hybridized carbons (Fsp3) is 0.200. The van der Waals surface area contributed by atoms with Crippen molar-refractivity contribution < 1.29 is 14.6 Å². The molecule has 2 N–H and O–H groups in total. The zero-order chi connectivity index (χ0) is 11.0. The van der Waals surface area contributed by atoms with Crippen molar-refractivity contribution in [1.82, 2.24) is 10.2 Å². The first-order valence-corrected chi connectivity index (χ1v) is 4.39. The summed E-state index contributed by atoms with van der Waals surface area (Å²) >= 11 is 0. The molecule has 15 heavy (non-hydrogen) atoms. The maximum Gasteiger partial charge on any atom is 0.359 e. The molecule has 0 saturated carbocycles.